The number of rotatable bonds is 6. The van der Waals surface area contributed by atoms with Gasteiger partial charge < -0.3 is 10.1 Å². The molecule has 8 heteroatoms. The van der Waals surface area contributed by atoms with Gasteiger partial charge in [0.25, 0.3) is 0 Å². The monoisotopic (exact) mass is 376 g/mol. The van der Waals surface area contributed by atoms with Crippen LogP contribution in [0.1, 0.15) is 45.7 Å². The molecule has 0 aliphatic carbocycles. The molecule has 0 bridgehead atoms. The SMILES string of the molecule is CCOC(=O)c1sc2ncnc(NCC(C)c3nc(C)cs3)c2c1C. The van der Waals surface area contributed by atoms with Gasteiger partial charge in [0.2, 0.25) is 0 Å². The third kappa shape index (κ3) is 3.64. The third-order valence-electron chi connectivity index (χ3n) is 3.82. The van der Waals surface area contributed by atoms with E-state index < -0.39 is 0 Å². The highest BCUT2D eigenvalue weighted by Crippen LogP contribution is 2.34. The summed E-state index contributed by atoms with van der Waals surface area (Å²) in [6, 6.07) is 0. The minimum absolute atomic E-state index is 0.271. The van der Waals surface area contributed by atoms with Crippen molar-refractivity contribution in [3.8, 4) is 0 Å². The lowest BCUT2D eigenvalue weighted by Crippen LogP contribution is -2.11. The van der Waals surface area contributed by atoms with Gasteiger partial charge in [0.1, 0.15) is 21.9 Å². The first-order valence-corrected chi connectivity index (χ1v) is 9.78. The molecule has 0 fully saturated rings. The highest BCUT2D eigenvalue weighted by molar-refractivity contribution is 7.20. The van der Waals surface area contributed by atoms with Crippen molar-refractivity contribution in [3.63, 3.8) is 0 Å². The van der Waals surface area contributed by atoms with Crippen LogP contribution in [0.2, 0.25) is 0 Å². The van der Waals surface area contributed by atoms with Gasteiger partial charge in [0.15, 0.2) is 0 Å². The van der Waals surface area contributed by atoms with E-state index >= 15 is 0 Å². The molecule has 0 spiro atoms. The van der Waals surface area contributed by atoms with Crippen LogP contribution in [-0.2, 0) is 4.74 Å². The Labute approximate surface area is 154 Å². The van der Waals surface area contributed by atoms with Crippen molar-refractivity contribution >= 4 is 44.7 Å². The smallest absolute Gasteiger partial charge is 0.348 e. The Morgan fingerprint density at radius 3 is 2.84 bits per heavy atom. The molecule has 0 saturated carbocycles. The van der Waals surface area contributed by atoms with Crippen molar-refractivity contribution < 1.29 is 9.53 Å². The van der Waals surface area contributed by atoms with Crippen LogP contribution in [0.15, 0.2) is 11.7 Å². The first kappa shape index (κ1) is 17.8. The fourth-order valence-corrected chi connectivity index (χ4v) is 4.43. The molecule has 6 nitrogen and oxygen atoms in total. The van der Waals surface area contributed by atoms with Crippen molar-refractivity contribution in [1.29, 1.82) is 0 Å². The van der Waals surface area contributed by atoms with E-state index in [4.69, 9.17) is 4.74 Å². The molecular weight excluding hydrogens is 356 g/mol. The van der Waals surface area contributed by atoms with Crippen LogP contribution in [-0.4, -0.2) is 34.1 Å². The van der Waals surface area contributed by atoms with Gasteiger partial charge in [-0.3, -0.25) is 0 Å². The van der Waals surface area contributed by atoms with E-state index in [-0.39, 0.29) is 11.9 Å². The summed E-state index contributed by atoms with van der Waals surface area (Å²) < 4.78 is 5.13. The van der Waals surface area contributed by atoms with Crippen LogP contribution in [0.3, 0.4) is 0 Å². The van der Waals surface area contributed by atoms with Gasteiger partial charge in [0, 0.05) is 23.5 Å². The summed E-state index contributed by atoms with van der Waals surface area (Å²) in [6.07, 6.45) is 1.52. The number of aryl methyl sites for hydroxylation is 2. The molecular formula is C17H20N4O2S2. The van der Waals surface area contributed by atoms with E-state index in [1.165, 1.54) is 17.7 Å². The number of ether oxygens (including phenoxy) is 1. The van der Waals surface area contributed by atoms with Gasteiger partial charge in [0.05, 0.1) is 17.0 Å². The number of thiazole rings is 1. The average molecular weight is 377 g/mol. The molecule has 3 aromatic heterocycles. The largest absolute Gasteiger partial charge is 0.462 e. The molecule has 1 N–H and O–H groups in total. The highest BCUT2D eigenvalue weighted by atomic mass is 32.1. The molecule has 1 unspecified atom stereocenters. The normalized spacial score (nSPS) is 12.3. The number of esters is 1. The number of nitrogens with one attached hydrogen (secondary N) is 1. The molecule has 0 saturated heterocycles. The Hall–Kier alpha value is -2.06. The predicted octanol–water partition coefficient (Wildman–Crippen LogP) is 4.16. The van der Waals surface area contributed by atoms with Gasteiger partial charge in [-0.1, -0.05) is 6.92 Å². The molecule has 3 heterocycles. The van der Waals surface area contributed by atoms with Crippen LogP contribution >= 0.6 is 22.7 Å². The molecule has 3 rings (SSSR count). The molecule has 0 amide bonds. The van der Waals surface area contributed by atoms with Gasteiger partial charge in [-0.25, -0.2) is 19.7 Å². The molecule has 132 valence electrons. The molecule has 0 aliphatic heterocycles. The Bertz CT molecular complexity index is 903. The minimum atomic E-state index is -0.305. The number of hydrogen-bond donors (Lipinski definition) is 1. The first-order chi connectivity index (χ1) is 12.0. The summed E-state index contributed by atoms with van der Waals surface area (Å²) in [6.45, 7) is 8.91. The Balaban J connectivity index is 1.85. The van der Waals surface area contributed by atoms with E-state index in [0.29, 0.717) is 18.0 Å². The zero-order valence-electron chi connectivity index (χ0n) is 14.6. The van der Waals surface area contributed by atoms with Crippen LogP contribution in [0, 0.1) is 13.8 Å². The number of carbonyl (C=O) groups is 1. The predicted molar refractivity (Wildman–Crippen MR) is 102 cm³/mol. The zero-order valence-corrected chi connectivity index (χ0v) is 16.3. The maximum Gasteiger partial charge on any atom is 0.348 e. The second-order valence-electron chi connectivity index (χ2n) is 5.79. The molecule has 1 atom stereocenters. The van der Waals surface area contributed by atoms with Gasteiger partial charge in [-0.15, -0.1) is 22.7 Å². The van der Waals surface area contributed by atoms with Crippen molar-refractivity contribution in [2.24, 2.45) is 0 Å². The number of thiophene rings is 1. The first-order valence-electron chi connectivity index (χ1n) is 8.08. The van der Waals surface area contributed by atoms with E-state index in [0.717, 1.165) is 32.3 Å². The maximum absolute atomic E-state index is 12.1. The Morgan fingerprint density at radius 2 is 2.16 bits per heavy atom. The van der Waals surface area contributed by atoms with Crippen LogP contribution < -0.4 is 5.32 Å². The number of hydrogen-bond acceptors (Lipinski definition) is 8. The zero-order chi connectivity index (χ0) is 18.0. The Morgan fingerprint density at radius 1 is 1.36 bits per heavy atom. The summed E-state index contributed by atoms with van der Waals surface area (Å²) in [5, 5.41) is 7.44. The van der Waals surface area contributed by atoms with E-state index in [1.54, 1.807) is 18.3 Å². The second kappa shape index (κ2) is 7.45. The highest BCUT2D eigenvalue weighted by Gasteiger charge is 2.20. The van der Waals surface area contributed by atoms with Crippen LogP contribution in [0.5, 0.6) is 0 Å². The number of aromatic nitrogens is 3. The fourth-order valence-electron chi connectivity index (χ4n) is 2.53. The molecule has 25 heavy (non-hydrogen) atoms. The lowest BCUT2D eigenvalue weighted by atomic mass is 10.1. The number of fused-ring (bicyclic) bond motifs is 1. The topological polar surface area (TPSA) is 77.0 Å². The minimum Gasteiger partial charge on any atom is -0.462 e. The summed E-state index contributed by atoms with van der Waals surface area (Å²) >= 11 is 3.01. The van der Waals surface area contributed by atoms with Gasteiger partial charge in [-0.2, -0.15) is 0 Å². The van der Waals surface area contributed by atoms with Gasteiger partial charge >= 0.3 is 5.97 Å². The lowest BCUT2D eigenvalue weighted by Gasteiger charge is -2.11. The number of anilines is 1. The summed E-state index contributed by atoms with van der Waals surface area (Å²) in [4.78, 5) is 26.7. The molecule has 0 radical (unpaired) electrons. The summed E-state index contributed by atoms with van der Waals surface area (Å²) in [7, 11) is 0. The number of carbonyl (C=O) groups excluding carboxylic acids is 1. The molecule has 3 aromatic rings. The summed E-state index contributed by atoms with van der Waals surface area (Å²) in [5.41, 5.74) is 1.91. The third-order valence-corrected chi connectivity index (χ3v) is 6.20. The quantitative estimate of drug-likeness (QED) is 0.651. The number of nitrogens with zero attached hydrogens (tertiary/aromatic N) is 3. The van der Waals surface area contributed by atoms with Crippen molar-refractivity contribution in [2.45, 2.75) is 33.6 Å². The van der Waals surface area contributed by atoms with Crippen molar-refractivity contribution in [1.82, 2.24) is 15.0 Å². The van der Waals surface area contributed by atoms with Crippen LogP contribution in [0.4, 0.5) is 5.82 Å². The van der Waals surface area contributed by atoms with Crippen LogP contribution in [0.25, 0.3) is 10.2 Å². The Kier molecular flexibility index (Phi) is 5.29. The summed E-state index contributed by atoms with van der Waals surface area (Å²) in [5.74, 6) is 0.710. The molecule has 0 aliphatic rings. The van der Waals surface area contributed by atoms with E-state index in [2.05, 4.69) is 32.6 Å². The van der Waals surface area contributed by atoms with Crippen molar-refractivity contribution in [3.05, 3.63) is 32.8 Å². The fraction of sp³-hybridized carbons (Fsp3) is 0.412. The van der Waals surface area contributed by atoms with E-state index in [9.17, 15) is 4.79 Å². The van der Waals surface area contributed by atoms with Gasteiger partial charge in [-0.05, 0) is 26.3 Å². The second-order valence-corrected chi connectivity index (χ2v) is 7.68. The average Bonchev–Trinajstić information content (AvgIpc) is 3.17. The lowest BCUT2D eigenvalue weighted by molar-refractivity contribution is 0.0531. The van der Waals surface area contributed by atoms with E-state index in [1.807, 2.05) is 13.8 Å². The molecule has 0 aromatic carbocycles. The maximum atomic E-state index is 12.1. The van der Waals surface area contributed by atoms with Crippen molar-refractivity contribution in [2.75, 3.05) is 18.5 Å². The standard InChI is InChI=1S/C17H20N4O2S2/c1-5-23-17(22)13-11(4)12-14(19-8-20-16(12)25-13)18-6-9(2)15-21-10(3)7-24-15/h7-9H,5-6H2,1-4H3,(H,18,19,20).